The highest BCUT2D eigenvalue weighted by molar-refractivity contribution is 6.29. The molecular formula is C28H36ClN5O. The van der Waals surface area contributed by atoms with Gasteiger partial charge < -0.3 is 19.9 Å². The van der Waals surface area contributed by atoms with E-state index in [1.54, 1.807) is 13.3 Å². The molecule has 1 saturated heterocycles. The molecule has 3 aromatic rings. The molecule has 2 aliphatic carbocycles. The van der Waals surface area contributed by atoms with Gasteiger partial charge in [0.05, 0.1) is 13.3 Å². The number of hydrogen-bond donors (Lipinski definition) is 2. The molecule has 0 amide bonds. The monoisotopic (exact) mass is 493 g/mol. The van der Waals surface area contributed by atoms with Gasteiger partial charge in [0, 0.05) is 29.2 Å². The number of fused-ring (bicyclic) bond motifs is 1. The van der Waals surface area contributed by atoms with Gasteiger partial charge in [0.25, 0.3) is 0 Å². The van der Waals surface area contributed by atoms with Gasteiger partial charge in [-0.2, -0.15) is 0 Å². The second-order valence-corrected chi connectivity index (χ2v) is 11.1. The maximum Gasteiger partial charge on any atom is 0.138 e. The fourth-order valence-corrected chi connectivity index (χ4v) is 6.72. The van der Waals surface area contributed by atoms with Crippen LogP contribution in [-0.2, 0) is 0 Å². The van der Waals surface area contributed by atoms with Crippen LogP contribution >= 0.6 is 11.6 Å². The predicted molar refractivity (Wildman–Crippen MR) is 142 cm³/mol. The van der Waals surface area contributed by atoms with Crippen molar-refractivity contribution in [3.8, 4) is 16.9 Å². The van der Waals surface area contributed by atoms with E-state index >= 15 is 0 Å². The van der Waals surface area contributed by atoms with Crippen molar-refractivity contribution in [1.82, 2.24) is 19.9 Å². The van der Waals surface area contributed by atoms with Crippen molar-refractivity contribution >= 4 is 28.5 Å². The van der Waals surface area contributed by atoms with E-state index in [2.05, 4.69) is 31.2 Å². The van der Waals surface area contributed by atoms with E-state index in [0.717, 1.165) is 51.6 Å². The van der Waals surface area contributed by atoms with Crippen LogP contribution in [0.2, 0.25) is 5.15 Å². The lowest BCUT2D eigenvalue weighted by molar-refractivity contribution is 0.0615. The number of likely N-dealkylation sites (tertiary alicyclic amines) is 1. The first-order valence-electron chi connectivity index (χ1n) is 13.4. The zero-order chi connectivity index (χ0) is 23.8. The molecule has 0 unspecified atom stereocenters. The van der Waals surface area contributed by atoms with E-state index in [1.807, 2.05) is 18.3 Å². The van der Waals surface area contributed by atoms with E-state index in [1.165, 1.54) is 70.9 Å². The van der Waals surface area contributed by atoms with Crippen molar-refractivity contribution in [2.24, 2.45) is 11.8 Å². The number of piperidine rings is 1. The molecule has 1 aliphatic heterocycles. The summed E-state index contributed by atoms with van der Waals surface area (Å²) in [5.41, 5.74) is 2.91. The Morgan fingerprint density at radius 3 is 2.49 bits per heavy atom. The number of hydrogen-bond acceptors (Lipinski definition) is 5. The number of rotatable bonds is 6. The summed E-state index contributed by atoms with van der Waals surface area (Å²) in [4.78, 5) is 15.1. The molecule has 2 N–H and O–H groups in total. The van der Waals surface area contributed by atoms with Crippen molar-refractivity contribution < 1.29 is 4.74 Å². The van der Waals surface area contributed by atoms with Gasteiger partial charge in [0.1, 0.15) is 22.4 Å². The van der Waals surface area contributed by atoms with Gasteiger partial charge in [0.2, 0.25) is 0 Å². The van der Waals surface area contributed by atoms with Crippen LogP contribution in [0.25, 0.3) is 22.2 Å². The molecule has 35 heavy (non-hydrogen) atoms. The van der Waals surface area contributed by atoms with Crippen LogP contribution in [0.15, 0.2) is 30.6 Å². The van der Waals surface area contributed by atoms with Crippen molar-refractivity contribution in [2.45, 2.75) is 69.9 Å². The van der Waals surface area contributed by atoms with Gasteiger partial charge in [-0.05, 0) is 100 Å². The Balaban J connectivity index is 1.08. The summed E-state index contributed by atoms with van der Waals surface area (Å²) in [6, 6.07) is 7.41. The number of aromatic nitrogens is 3. The average Bonchev–Trinajstić information content (AvgIpc) is 3.27. The van der Waals surface area contributed by atoms with Crippen LogP contribution < -0.4 is 10.1 Å². The fraction of sp³-hybridized carbons (Fsp3) is 0.571. The largest absolute Gasteiger partial charge is 0.495 e. The standard InChI is InChI=1S/C28H36ClN5O/c1-35-23-15-24-25(17-31-28(24)30-16-23)20-13-26(29)33-27(14-20)32-21-7-5-18(6-8-21)19-9-11-34(12-10-19)22-3-2-4-22/h13-19,21-22H,2-12H2,1H3,(H,30,31)(H,32,33). The first-order chi connectivity index (χ1) is 17.2. The number of H-pyrrole nitrogens is 1. The molecule has 4 heterocycles. The highest BCUT2D eigenvalue weighted by atomic mass is 35.5. The maximum atomic E-state index is 6.46. The Morgan fingerprint density at radius 2 is 1.77 bits per heavy atom. The Morgan fingerprint density at radius 1 is 1.00 bits per heavy atom. The average molecular weight is 494 g/mol. The first kappa shape index (κ1) is 23.1. The summed E-state index contributed by atoms with van der Waals surface area (Å²) in [6.07, 6.45) is 15.9. The minimum absolute atomic E-state index is 0.463. The normalized spacial score (nSPS) is 24.4. The molecule has 2 saturated carbocycles. The quantitative estimate of drug-likeness (QED) is 0.382. The smallest absolute Gasteiger partial charge is 0.138 e. The van der Waals surface area contributed by atoms with Crippen LogP contribution in [0.4, 0.5) is 5.82 Å². The van der Waals surface area contributed by atoms with Crippen LogP contribution in [0.3, 0.4) is 0 Å². The summed E-state index contributed by atoms with van der Waals surface area (Å²) in [5.74, 6) is 3.42. The van der Waals surface area contributed by atoms with E-state index in [0.29, 0.717) is 11.2 Å². The van der Waals surface area contributed by atoms with Crippen LogP contribution in [-0.4, -0.2) is 52.1 Å². The molecule has 3 fully saturated rings. The molecule has 186 valence electrons. The van der Waals surface area contributed by atoms with E-state index in [-0.39, 0.29) is 0 Å². The molecule has 0 aromatic carbocycles. The van der Waals surface area contributed by atoms with Gasteiger partial charge in [-0.25, -0.2) is 9.97 Å². The Labute approximate surface area is 212 Å². The number of pyridine rings is 2. The van der Waals surface area contributed by atoms with Crippen molar-refractivity contribution in [3.05, 3.63) is 35.7 Å². The van der Waals surface area contributed by atoms with Crippen LogP contribution in [0, 0.1) is 11.8 Å². The maximum absolute atomic E-state index is 6.46. The zero-order valence-electron chi connectivity index (χ0n) is 20.6. The lowest BCUT2D eigenvalue weighted by Gasteiger charge is -2.44. The Hall–Kier alpha value is -2.31. The van der Waals surface area contributed by atoms with Gasteiger partial charge in [-0.3, -0.25) is 0 Å². The number of nitrogens with zero attached hydrogens (tertiary/aromatic N) is 3. The number of aromatic amines is 1. The van der Waals surface area contributed by atoms with Gasteiger partial charge in [-0.1, -0.05) is 18.0 Å². The highest BCUT2D eigenvalue weighted by Crippen LogP contribution is 2.39. The summed E-state index contributed by atoms with van der Waals surface area (Å²) >= 11 is 6.46. The summed E-state index contributed by atoms with van der Waals surface area (Å²) < 4.78 is 5.38. The number of ether oxygens (including phenoxy) is 1. The molecule has 0 atom stereocenters. The van der Waals surface area contributed by atoms with Gasteiger partial charge >= 0.3 is 0 Å². The lowest BCUT2D eigenvalue weighted by atomic mass is 9.74. The lowest BCUT2D eigenvalue weighted by Crippen LogP contribution is -2.46. The minimum Gasteiger partial charge on any atom is -0.495 e. The highest BCUT2D eigenvalue weighted by Gasteiger charge is 2.33. The Kier molecular flexibility index (Phi) is 6.59. The second-order valence-electron chi connectivity index (χ2n) is 10.8. The molecule has 6 rings (SSSR count). The second kappa shape index (κ2) is 9.98. The molecule has 0 radical (unpaired) electrons. The van der Waals surface area contributed by atoms with E-state index in [4.69, 9.17) is 16.3 Å². The predicted octanol–water partition coefficient (Wildman–Crippen LogP) is 6.52. The number of halogens is 1. The van der Waals surface area contributed by atoms with Crippen molar-refractivity contribution in [1.29, 1.82) is 0 Å². The Bertz CT molecular complexity index is 1160. The summed E-state index contributed by atoms with van der Waals surface area (Å²) in [5, 5.41) is 5.22. The number of anilines is 1. The van der Waals surface area contributed by atoms with Gasteiger partial charge in [-0.15, -0.1) is 0 Å². The number of methoxy groups -OCH3 is 1. The summed E-state index contributed by atoms with van der Waals surface area (Å²) in [7, 11) is 1.66. The van der Waals surface area contributed by atoms with Gasteiger partial charge in [0.15, 0.2) is 0 Å². The first-order valence-corrected chi connectivity index (χ1v) is 13.7. The van der Waals surface area contributed by atoms with Crippen LogP contribution in [0.1, 0.15) is 57.8 Å². The molecule has 0 bridgehead atoms. The fourth-order valence-electron chi connectivity index (χ4n) is 6.51. The molecule has 0 spiro atoms. The zero-order valence-corrected chi connectivity index (χ0v) is 21.4. The SMILES string of the molecule is COc1cnc2[nH]cc(-c3cc(Cl)nc(NC4CCC(C5CCN(C6CCC6)CC5)CC4)c3)c2c1. The third-order valence-corrected chi connectivity index (χ3v) is 9.00. The topological polar surface area (TPSA) is 66.1 Å². The van der Waals surface area contributed by atoms with E-state index < -0.39 is 0 Å². The molecule has 7 heteroatoms. The molecule has 3 aliphatic rings. The summed E-state index contributed by atoms with van der Waals surface area (Å²) in [6.45, 7) is 2.66. The molecule has 6 nitrogen and oxygen atoms in total. The van der Waals surface area contributed by atoms with Crippen molar-refractivity contribution in [3.63, 3.8) is 0 Å². The molecular weight excluding hydrogens is 458 g/mol. The third-order valence-electron chi connectivity index (χ3n) is 8.80. The van der Waals surface area contributed by atoms with Crippen molar-refractivity contribution in [2.75, 3.05) is 25.5 Å². The number of nitrogens with one attached hydrogen (secondary N) is 2. The van der Waals surface area contributed by atoms with Crippen LogP contribution in [0.5, 0.6) is 5.75 Å². The third kappa shape index (κ3) is 4.88. The minimum atomic E-state index is 0.463. The van der Waals surface area contributed by atoms with E-state index in [9.17, 15) is 0 Å². The molecule has 3 aromatic heterocycles.